The van der Waals surface area contributed by atoms with Crippen LogP contribution in [0.1, 0.15) is 22.5 Å². The number of rotatable bonds is 0. The van der Waals surface area contributed by atoms with Crippen LogP contribution in [0.3, 0.4) is 0 Å². The first kappa shape index (κ1) is 11.4. The Hall–Kier alpha value is -0.720. The minimum absolute atomic E-state index is 0.408. The van der Waals surface area contributed by atoms with Crippen molar-refractivity contribution in [1.82, 2.24) is 4.98 Å². The fraction of sp³-hybridized carbons (Fsp3) is 0.200. The summed E-state index contributed by atoms with van der Waals surface area (Å²) in [4.78, 5) is 4.17. The molecule has 1 heterocycles. The summed E-state index contributed by atoms with van der Waals surface area (Å²) < 4.78 is 0. The van der Waals surface area contributed by atoms with E-state index in [9.17, 15) is 0 Å². The van der Waals surface area contributed by atoms with Gasteiger partial charge in [0.1, 0.15) is 6.07 Å². The topological polar surface area (TPSA) is 36.7 Å². The number of hydrogen-bond acceptors (Lipinski definition) is 3. The fourth-order valence-corrected chi connectivity index (χ4v) is 1.44. The third kappa shape index (κ3) is 2.63. The van der Waals surface area contributed by atoms with Gasteiger partial charge in [-0.15, -0.1) is 0 Å². The van der Waals surface area contributed by atoms with Crippen molar-refractivity contribution in [2.24, 2.45) is 0 Å². The van der Waals surface area contributed by atoms with Gasteiger partial charge in [0.25, 0.3) is 0 Å². The summed E-state index contributed by atoms with van der Waals surface area (Å²) in [6.07, 6.45) is 0. The van der Waals surface area contributed by atoms with E-state index in [4.69, 9.17) is 5.26 Å². The minimum Gasteiger partial charge on any atom is -0.241 e. The Morgan fingerprint density at radius 1 is 1.50 bits per heavy atom. The molecule has 0 fully saturated rings. The lowest BCUT2D eigenvalue weighted by molar-refractivity contribution is 1.12. The molecule has 0 aliphatic carbocycles. The SMILES string of the molecule is Cc1cc(C#CSI)c(C#N)nc1C. The molecule has 70 valence electrons. The molecule has 4 heteroatoms. The van der Waals surface area contributed by atoms with E-state index in [1.807, 2.05) is 26.0 Å². The molecule has 0 spiro atoms. The van der Waals surface area contributed by atoms with E-state index in [-0.39, 0.29) is 0 Å². The Balaban J connectivity index is 3.29. The van der Waals surface area contributed by atoms with Gasteiger partial charge in [-0.25, -0.2) is 4.98 Å². The smallest absolute Gasteiger partial charge is 0.156 e. The molecule has 0 atom stereocenters. The molecule has 0 aromatic carbocycles. The van der Waals surface area contributed by atoms with Crippen molar-refractivity contribution in [1.29, 1.82) is 5.26 Å². The Morgan fingerprint density at radius 2 is 2.21 bits per heavy atom. The molecule has 0 N–H and O–H groups in total. The van der Waals surface area contributed by atoms with Crippen LogP contribution in [0.2, 0.25) is 0 Å². The van der Waals surface area contributed by atoms with Crippen LogP contribution in [0.25, 0.3) is 0 Å². The molecule has 0 amide bonds. The van der Waals surface area contributed by atoms with E-state index in [0.717, 1.165) is 11.3 Å². The molecule has 14 heavy (non-hydrogen) atoms. The molecule has 0 radical (unpaired) electrons. The van der Waals surface area contributed by atoms with E-state index in [1.54, 1.807) is 0 Å². The molecule has 0 aliphatic heterocycles. The quantitative estimate of drug-likeness (QED) is 0.546. The number of aromatic nitrogens is 1. The van der Waals surface area contributed by atoms with Gasteiger partial charge in [0.2, 0.25) is 0 Å². The maximum Gasteiger partial charge on any atom is 0.156 e. The molecule has 1 rings (SSSR count). The van der Waals surface area contributed by atoms with Crippen molar-refractivity contribution >= 4 is 30.1 Å². The number of halogens is 1. The second-order valence-electron chi connectivity index (χ2n) is 2.70. The molecule has 0 saturated heterocycles. The molecule has 0 aliphatic rings. The zero-order chi connectivity index (χ0) is 10.6. The highest BCUT2D eigenvalue weighted by atomic mass is 127. The fourth-order valence-electron chi connectivity index (χ4n) is 0.960. The molecule has 0 unspecified atom stereocenters. The maximum atomic E-state index is 8.84. The summed E-state index contributed by atoms with van der Waals surface area (Å²) in [5, 5.41) is 11.7. The summed E-state index contributed by atoms with van der Waals surface area (Å²) in [7, 11) is 1.40. The lowest BCUT2D eigenvalue weighted by atomic mass is 10.1. The number of hydrogen-bond donors (Lipinski definition) is 0. The third-order valence-electron chi connectivity index (χ3n) is 1.80. The van der Waals surface area contributed by atoms with Gasteiger partial charge < -0.3 is 0 Å². The Morgan fingerprint density at radius 3 is 2.79 bits per heavy atom. The van der Waals surface area contributed by atoms with Gasteiger partial charge in [-0.3, -0.25) is 0 Å². The number of nitrogens with zero attached hydrogens (tertiary/aromatic N) is 2. The monoisotopic (exact) mass is 314 g/mol. The van der Waals surface area contributed by atoms with E-state index in [0.29, 0.717) is 11.3 Å². The Labute approximate surface area is 99.7 Å². The predicted molar refractivity (Wildman–Crippen MR) is 66.9 cm³/mol. The van der Waals surface area contributed by atoms with Gasteiger partial charge in [0.05, 0.1) is 5.56 Å². The van der Waals surface area contributed by atoms with Crippen LogP contribution in [-0.2, 0) is 0 Å². The van der Waals surface area contributed by atoms with E-state index < -0.39 is 0 Å². The highest BCUT2D eigenvalue weighted by Gasteiger charge is 2.03. The largest absolute Gasteiger partial charge is 0.241 e. The zero-order valence-corrected chi connectivity index (χ0v) is 10.7. The van der Waals surface area contributed by atoms with Crippen molar-refractivity contribution in [3.05, 3.63) is 28.6 Å². The van der Waals surface area contributed by atoms with Crippen LogP contribution in [0.15, 0.2) is 6.07 Å². The first-order valence-electron chi connectivity index (χ1n) is 3.86. The molecule has 1 aromatic heterocycles. The lowest BCUT2D eigenvalue weighted by Crippen LogP contribution is -1.95. The molecule has 1 aromatic rings. The first-order valence-corrected chi connectivity index (χ1v) is 7.22. The average molecular weight is 314 g/mol. The maximum absolute atomic E-state index is 8.84. The van der Waals surface area contributed by atoms with Gasteiger partial charge in [-0.1, -0.05) is 5.92 Å². The Bertz CT molecular complexity index is 452. The first-order chi connectivity index (χ1) is 6.69. The second kappa shape index (κ2) is 5.23. The van der Waals surface area contributed by atoms with Gasteiger partial charge >= 0.3 is 0 Å². The van der Waals surface area contributed by atoms with E-state index >= 15 is 0 Å². The summed E-state index contributed by atoms with van der Waals surface area (Å²) in [5.74, 6) is 2.90. The third-order valence-corrected chi connectivity index (χ3v) is 2.64. The van der Waals surface area contributed by atoms with E-state index in [1.165, 1.54) is 8.93 Å². The van der Waals surface area contributed by atoms with Crippen molar-refractivity contribution in [3.63, 3.8) is 0 Å². The van der Waals surface area contributed by atoms with E-state index in [2.05, 4.69) is 37.4 Å². The highest BCUT2D eigenvalue weighted by Crippen LogP contribution is 2.12. The second-order valence-corrected chi connectivity index (χ2v) is 4.38. The summed E-state index contributed by atoms with van der Waals surface area (Å²) >= 11 is 2.09. The molecular weight excluding hydrogens is 307 g/mol. The number of nitriles is 1. The summed E-state index contributed by atoms with van der Waals surface area (Å²) in [6.45, 7) is 3.85. The van der Waals surface area contributed by atoms with Crippen LogP contribution in [0.4, 0.5) is 0 Å². The average Bonchev–Trinajstić information content (AvgIpc) is 2.19. The lowest BCUT2D eigenvalue weighted by Gasteiger charge is -2.00. The predicted octanol–water partition coefficient (Wildman–Crippen LogP) is 2.96. The van der Waals surface area contributed by atoms with Crippen LogP contribution in [0.5, 0.6) is 0 Å². The summed E-state index contributed by atoms with van der Waals surface area (Å²) in [5.41, 5.74) is 3.06. The molecule has 0 saturated carbocycles. The molecule has 0 bridgehead atoms. The summed E-state index contributed by atoms with van der Waals surface area (Å²) in [6, 6.07) is 3.95. The van der Waals surface area contributed by atoms with Crippen LogP contribution < -0.4 is 0 Å². The van der Waals surface area contributed by atoms with Crippen LogP contribution >= 0.6 is 30.1 Å². The molecule has 2 nitrogen and oxygen atoms in total. The number of aryl methyl sites for hydroxylation is 2. The minimum atomic E-state index is 0.408. The van der Waals surface area contributed by atoms with Crippen molar-refractivity contribution in [2.75, 3.05) is 0 Å². The van der Waals surface area contributed by atoms with Gasteiger partial charge in [0, 0.05) is 26.9 Å². The van der Waals surface area contributed by atoms with Gasteiger partial charge in [-0.05, 0) is 39.7 Å². The van der Waals surface area contributed by atoms with Crippen LogP contribution in [-0.4, -0.2) is 4.98 Å². The van der Waals surface area contributed by atoms with Crippen LogP contribution in [0, 0.1) is 36.4 Å². The standard InChI is InChI=1S/C10H7IN2S/c1-7-5-9(3-4-14-11)10(6-12)13-8(7)2/h5H,1-2H3. The van der Waals surface area contributed by atoms with Crippen molar-refractivity contribution in [3.8, 4) is 17.2 Å². The molecular formula is C10H7IN2S. The van der Waals surface area contributed by atoms with Gasteiger partial charge in [-0.2, -0.15) is 5.26 Å². The normalized spacial score (nSPS) is 8.71. The van der Waals surface area contributed by atoms with Gasteiger partial charge in [0.15, 0.2) is 5.69 Å². The Kier molecular flexibility index (Phi) is 4.24. The highest BCUT2D eigenvalue weighted by molar-refractivity contribution is 14.2. The number of pyridine rings is 1. The van der Waals surface area contributed by atoms with Crippen molar-refractivity contribution < 1.29 is 0 Å². The van der Waals surface area contributed by atoms with Crippen molar-refractivity contribution in [2.45, 2.75) is 13.8 Å². The zero-order valence-electron chi connectivity index (χ0n) is 7.76.